The molecular formula is C35H50FNO. The van der Waals surface area contributed by atoms with Crippen molar-refractivity contribution >= 4 is 0 Å². The maximum Gasteiger partial charge on any atom is 0.168 e. The largest absolute Gasteiger partial charge is 0.493 e. The molecule has 0 amide bonds. The van der Waals surface area contributed by atoms with E-state index in [0.29, 0.717) is 22.6 Å². The minimum atomic E-state index is -0.280. The van der Waals surface area contributed by atoms with Crippen LogP contribution in [0.3, 0.4) is 0 Å². The van der Waals surface area contributed by atoms with E-state index in [1.165, 1.54) is 103 Å². The number of ether oxygens (including phenoxy) is 1. The predicted octanol–water partition coefficient (Wildman–Crippen LogP) is 10.9. The molecule has 0 N–H and O–H groups in total. The van der Waals surface area contributed by atoms with Gasteiger partial charge in [0.25, 0.3) is 0 Å². The summed E-state index contributed by atoms with van der Waals surface area (Å²) in [6.45, 7) is 4.48. The zero-order chi connectivity index (χ0) is 27.2. The van der Waals surface area contributed by atoms with E-state index in [2.05, 4.69) is 26.0 Å². The topological polar surface area (TPSA) is 33.0 Å². The Balaban J connectivity index is 1.63. The van der Waals surface area contributed by atoms with Gasteiger partial charge in [-0.05, 0) is 67.6 Å². The Morgan fingerprint density at radius 2 is 1.45 bits per heavy atom. The molecule has 1 aliphatic carbocycles. The molecule has 0 saturated heterocycles. The first-order chi connectivity index (χ1) is 18.6. The molecule has 0 aromatic heterocycles. The van der Waals surface area contributed by atoms with Gasteiger partial charge in [-0.1, -0.05) is 109 Å². The lowest BCUT2D eigenvalue weighted by molar-refractivity contribution is 0.302. The molecule has 0 bridgehead atoms. The Kier molecular flexibility index (Phi) is 13.2. The second-order valence-corrected chi connectivity index (χ2v) is 11.5. The van der Waals surface area contributed by atoms with Crippen LogP contribution in [0.4, 0.5) is 4.39 Å². The molecule has 2 nitrogen and oxygen atoms in total. The lowest BCUT2D eigenvalue weighted by Crippen LogP contribution is -2.13. The fraction of sp³-hybridized carbons (Fsp3) is 0.629. The van der Waals surface area contributed by atoms with Crippen molar-refractivity contribution in [2.45, 2.75) is 129 Å². The van der Waals surface area contributed by atoms with Crippen LogP contribution in [0, 0.1) is 23.1 Å². The van der Waals surface area contributed by atoms with Crippen LogP contribution in [-0.4, -0.2) is 7.11 Å². The quantitative estimate of drug-likeness (QED) is 0.207. The van der Waals surface area contributed by atoms with Crippen LogP contribution in [0.5, 0.6) is 5.75 Å². The van der Waals surface area contributed by atoms with E-state index in [1.54, 1.807) is 0 Å². The maximum absolute atomic E-state index is 15.4. The zero-order valence-corrected chi connectivity index (χ0v) is 24.3. The van der Waals surface area contributed by atoms with E-state index >= 15 is 4.39 Å². The average Bonchev–Trinajstić information content (AvgIpc) is 2.95. The maximum atomic E-state index is 15.4. The third kappa shape index (κ3) is 8.59. The molecule has 1 fully saturated rings. The van der Waals surface area contributed by atoms with E-state index in [1.807, 2.05) is 24.3 Å². The normalized spacial score (nSPS) is 17.3. The second kappa shape index (κ2) is 16.6. The molecule has 0 aliphatic heterocycles. The van der Waals surface area contributed by atoms with Crippen LogP contribution in [0.25, 0.3) is 11.1 Å². The fourth-order valence-corrected chi connectivity index (χ4v) is 6.26. The summed E-state index contributed by atoms with van der Waals surface area (Å²) in [4.78, 5) is 0. The van der Waals surface area contributed by atoms with Crippen LogP contribution < -0.4 is 4.74 Å². The van der Waals surface area contributed by atoms with Crippen molar-refractivity contribution in [1.29, 1.82) is 5.26 Å². The SMILES string of the molecule is CCCCCCCCC1CCC(c2ccc(-c3ccc(CCCCCCC)c(F)c3OC)c(C#N)c2)CC1. The number of unbranched alkanes of at least 4 members (excludes halogenated alkanes) is 9. The molecule has 2 aromatic rings. The van der Waals surface area contributed by atoms with Gasteiger partial charge in [0.15, 0.2) is 11.6 Å². The van der Waals surface area contributed by atoms with E-state index in [0.717, 1.165) is 30.7 Å². The molecule has 1 aliphatic rings. The number of halogens is 1. The highest BCUT2D eigenvalue weighted by molar-refractivity contribution is 5.77. The summed E-state index contributed by atoms with van der Waals surface area (Å²) in [5.74, 6) is 1.36. The van der Waals surface area contributed by atoms with Crippen molar-refractivity contribution < 1.29 is 9.13 Å². The van der Waals surface area contributed by atoms with Gasteiger partial charge in [-0.3, -0.25) is 0 Å². The predicted molar refractivity (Wildman–Crippen MR) is 158 cm³/mol. The van der Waals surface area contributed by atoms with Crippen LogP contribution in [-0.2, 0) is 6.42 Å². The molecular weight excluding hydrogens is 469 g/mol. The van der Waals surface area contributed by atoms with Gasteiger partial charge in [-0.15, -0.1) is 0 Å². The van der Waals surface area contributed by atoms with Crippen LogP contribution in [0.15, 0.2) is 30.3 Å². The zero-order valence-electron chi connectivity index (χ0n) is 24.3. The summed E-state index contributed by atoms with van der Waals surface area (Å²) in [6.07, 6.45) is 21.1. The van der Waals surface area contributed by atoms with Gasteiger partial charge in [-0.2, -0.15) is 5.26 Å². The van der Waals surface area contributed by atoms with Gasteiger partial charge in [-0.25, -0.2) is 4.39 Å². The molecule has 1 saturated carbocycles. The lowest BCUT2D eigenvalue weighted by atomic mass is 9.76. The Bertz CT molecular complexity index is 1020. The average molecular weight is 520 g/mol. The Morgan fingerprint density at radius 1 is 0.816 bits per heavy atom. The Morgan fingerprint density at radius 3 is 2.11 bits per heavy atom. The standard InChI is InChI=1S/C35H50FNO/c1-4-6-8-10-12-13-15-27-17-19-28(20-18-27)30-22-23-32(31(25-30)26-37)33-24-21-29(34(36)35(33)38-3)16-14-11-9-7-5-2/h21-25,27-28H,4-20H2,1-3H3. The minimum Gasteiger partial charge on any atom is -0.493 e. The third-order valence-electron chi connectivity index (χ3n) is 8.67. The molecule has 0 heterocycles. The van der Waals surface area contributed by atoms with Crippen molar-refractivity contribution in [3.8, 4) is 22.9 Å². The highest BCUT2D eigenvalue weighted by atomic mass is 19.1. The van der Waals surface area contributed by atoms with E-state index in [-0.39, 0.29) is 11.6 Å². The molecule has 0 unspecified atom stereocenters. The molecule has 3 rings (SSSR count). The molecule has 0 spiro atoms. The number of aryl methyl sites for hydroxylation is 1. The monoisotopic (exact) mass is 519 g/mol. The minimum absolute atomic E-state index is 0.260. The third-order valence-corrected chi connectivity index (χ3v) is 8.67. The first kappa shape index (κ1) is 30.2. The van der Waals surface area contributed by atoms with Crippen molar-refractivity contribution in [3.05, 3.63) is 52.8 Å². The van der Waals surface area contributed by atoms with Crippen LogP contribution in [0.1, 0.15) is 139 Å². The molecule has 3 heteroatoms. The number of methoxy groups -OCH3 is 1. The number of hydrogen-bond donors (Lipinski definition) is 0. The van der Waals surface area contributed by atoms with Gasteiger partial charge in [0, 0.05) is 11.1 Å². The molecule has 38 heavy (non-hydrogen) atoms. The van der Waals surface area contributed by atoms with Gasteiger partial charge < -0.3 is 4.74 Å². The van der Waals surface area contributed by atoms with Crippen LogP contribution in [0.2, 0.25) is 0 Å². The number of nitrogens with zero attached hydrogens (tertiary/aromatic N) is 1. The van der Waals surface area contributed by atoms with Crippen molar-refractivity contribution in [3.63, 3.8) is 0 Å². The number of rotatable bonds is 16. The van der Waals surface area contributed by atoms with Crippen molar-refractivity contribution in [2.24, 2.45) is 5.92 Å². The summed E-state index contributed by atoms with van der Waals surface area (Å²) in [5.41, 5.74) is 4.01. The van der Waals surface area contributed by atoms with E-state index in [4.69, 9.17) is 4.74 Å². The van der Waals surface area contributed by atoms with E-state index < -0.39 is 0 Å². The number of hydrogen-bond acceptors (Lipinski definition) is 2. The summed E-state index contributed by atoms with van der Waals surface area (Å²) in [7, 11) is 1.52. The summed E-state index contributed by atoms with van der Waals surface area (Å²) in [5, 5.41) is 10.0. The molecule has 2 aromatic carbocycles. The van der Waals surface area contributed by atoms with Gasteiger partial charge in [0.05, 0.1) is 18.7 Å². The van der Waals surface area contributed by atoms with Crippen molar-refractivity contribution in [2.75, 3.05) is 7.11 Å². The first-order valence-corrected chi connectivity index (χ1v) is 15.5. The molecule has 208 valence electrons. The molecule has 0 atom stereocenters. The summed E-state index contributed by atoms with van der Waals surface area (Å²) < 4.78 is 20.9. The van der Waals surface area contributed by atoms with Gasteiger partial charge >= 0.3 is 0 Å². The summed E-state index contributed by atoms with van der Waals surface area (Å²) >= 11 is 0. The van der Waals surface area contributed by atoms with Crippen LogP contribution >= 0.6 is 0 Å². The second-order valence-electron chi connectivity index (χ2n) is 11.5. The Hall–Kier alpha value is -2.34. The fourth-order valence-electron chi connectivity index (χ4n) is 6.26. The molecule has 0 radical (unpaired) electrons. The van der Waals surface area contributed by atoms with Crippen molar-refractivity contribution in [1.82, 2.24) is 0 Å². The Labute approximate surface area is 232 Å². The smallest absolute Gasteiger partial charge is 0.168 e. The first-order valence-electron chi connectivity index (χ1n) is 15.5. The van der Waals surface area contributed by atoms with Gasteiger partial charge in [0.1, 0.15) is 0 Å². The number of benzene rings is 2. The highest BCUT2D eigenvalue weighted by Gasteiger charge is 2.24. The summed E-state index contributed by atoms with van der Waals surface area (Å²) in [6, 6.07) is 12.4. The lowest BCUT2D eigenvalue weighted by Gasteiger charge is -2.29. The van der Waals surface area contributed by atoms with E-state index in [9.17, 15) is 5.26 Å². The number of nitriles is 1. The van der Waals surface area contributed by atoms with Gasteiger partial charge in [0.2, 0.25) is 0 Å². The highest BCUT2D eigenvalue weighted by Crippen LogP contribution is 2.41.